The highest BCUT2D eigenvalue weighted by atomic mass is 32.2. The third-order valence-corrected chi connectivity index (χ3v) is 3.51. The van der Waals surface area contributed by atoms with Gasteiger partial charge in [-0.15, -0.1) is 0 Å². The summed E-state index contributed by atoms with van der Waals surface area (Å²) in [7, 11) is -3.40. The highest BCUT2D eigenvalue weighted by molar-refractivity contribution is 7.89. The van der Waals surface area contributed by atoms with Crippen LogP contribution in [-0.4, -0.2) is 15.0 Å². The van der Waals surface area contributed by atoms with Crippen LogP contribution >= 0.6 is 0 Å². The fraction of sp³-hybridized carbons (Fsp3) is 0.273. The molecule has 0 saturated carbocycles. The van der Waals surface area contributed by atoms with Crippen molar-refractivity contribution in [1.82, 2.24) is 4.72 Å². The summed E-state index contributed by atoms with van der Waals surface area (Å²) >= 11 is 0. The van der Waals surface area contributed by atoms with E-state index >= 15 is 0 Å². The molecule has 1 aromatic rings. The molecule has 82 valence electrons. The monoisotopic (exact) mass is 225 g/mol. The van der Waals surface area contributed by atoms with Crippen LogP contribution in [0.4, 0.5) is 0 Å². The summed E-state index contributed by atoms with van der Waals surface area (Å²) in [4.78, 5) is 0.325. The van der Waals surface area contributed by atoms with Crippen LogP contribution in [0.3, 0.4) is 0 Å². The lowest BCUT2D eigenvalue weighted by Gasteiger charge is -2.08. The first-order chi connectivity index (χ1) is 6.93. The molecule has 0 aromatic heterocycles. The van der Waals surface area contributed by atoms with E-state index in [0.29, 0.717) is 4.90 Å². The topological polar surface area (TPSA) is 46.2 Å². The molecular weight excluding hydrogens is 210 g/mol. The van der Waals surface area contributed by atoms with E-state index in [9.17, 15) is 8.42 Å². The summed E-state index contributed by atoms with van der Waals surface area (Å²) in [6, 6.07) is 6.89. The Hall–Kier alpha value is -1.13. The Balaban J connectivity index is 2.97. The molecule has 0 fully saturated rings. The van der Waals surface area contributed by atoms with Crippen LogP contribution in [-0.2, 0) is 10.0 Å². The Kier molecular flexibility index (Phi) is 3.66. The van der Waals surface area contributed by atoms with Gasteiger partial charge < -0.3 is 0 Å². The Morgan fingerprint density at radius 1 is 1.40 bits per heavy atom. The van der Waals surface area contributed by atoms with E-state index in [1.54, 1.807) is 32.0 Å². The highest BCUT2D eigenvalue weighted by Crippen LogP contribution is 2.13. The normalized spacial score (nSPS) is 11.3. The molecule has 4 heteroatoms. The van der Waals surface area contributed by atoms with Gasteiger partial charge in [0.15, 0.2) is 0 Å². The summed E-state index contributed by atoms with van der Waals surface area (Å²) < 4.78 is 26.1. The number of hydrogen-bond acceptors (Lipinski definition) is 2. The van der Waals surface area contributed by atoms with Gasteiger partial charge in [0.1, 0.15) is 0 Å². The fourth-order valence-corrected chi connectivity index (χ4v) is 2.50. The van der Waals surface area contributed by atoms with E-state index in [1.807, 2.05) is 6.07 Å². The molecule has 0 aliphatic heterocycles. The first-order valence-electron chi connectivity index (χ1n) is 4.63. The van der Waals surface area contributed by atoms with Crippen LogP contribution in [0.5, 0.6) is 0 Å². The third-order valence-electron chi connectivity index (χ3n) is 1.95. The van der Waals surface area contributed by atoms with Gasteiger partial charge in [0.2, 0.25) is 10.0 Å². The van der Waals surface area contributed by atoms with Crippen LogP contribution in [0, 0.1) is 6.92 Å². The molecule has 0 saturated heterocycles. The summed E-state index contributed by atoms with van der Waals surface area (Å²) in [5.41, 5.74) is 1.53. The second kappa shape index (κ2) is 4.59. The minimum Gasteiger partial charge on any atom is -0.207 e. The molecule has 0 unspecified atom stereocenters. The van der Waals surface area contributed by atoms with Crippen molar-refractivity contribution in [3.63, 3.8) is 0 Å². The number of rotatable bonds is 4. The molecule has 1 rings (SSSR count). The van der Waals surface area contributed by atoms with Crippen molar-refractivity contribution in [1.29, 1.82) is 0 Å². The quantitative estimate of drug-likeness (QED) is 0.795. The Bertz CT molecular complexity index is 463. The standard InChI is InChI=1S/C11H15NO2S/c1-9(2)8-12-15(13,14)11-7-5-4-6-10(11)3/h4-7,12H,1,8H2,2-3H3. The van der Waals surface area contributed by atoms with Crippen LogP contribution in [0.2, 0.25) is 0 Å². The van der Waals surface area contributed by atoms with Gasteiger partial charge >= 0.3 is 0 Å². The zero-order chi connectivity index (χ0) is 11.5. The summed E-state index contributed by atoms with van der Waals surface area (Å²) in [5.74, 6) is 0. The summed E-state index contributed by atoms with van der Waals surface area (Å²) in [6.07, 6.45) is 0. The lowest BCUT2D eigenvalue weighted by Crippen LogP contribution is -2.25. The first kappa shape index (κ1) is 11.9. The van der Waals surface area contributed by atoms with Crippen LogP contribution in [0.1, 0.15) is 12.5 Å². The lowest BCUT2D eigenvalue weighted by molar-refractivity contribution is 0.584. The van der Waals surface area contributed by atoms with Crippen molar-refractivity contribution in [3.8, 4) is 0 Å². The van der Waals surface area contributed by atoms with Gasteiger partial charge in [0, 0.05) is 6.54 Å². The molecule has 0 spiro atoms. The third kappa shape index (κ3) is 3.18. The predicted octanol–water partition coefficient (Wildman–Crippen LogP) is 1.85. The van der Waals surface area contributed by atoms with Gasteiger partial charge in [-0.25, -0.2) is 13.1 Å². The highest BCUT2D eigenvalue weighted by Gasteiger charge is 2.14. The van der Waals surface area contributed by atoms with Crippen molar-refractivity contribution >= 4 is 10.0 Å². The smallest absolute Gasteiger partial charge is 0.207 e. The van der Waals surface area contributed by atoms with E-state index in [4.69, 9.17) is 0 Å². The van der Waals surface area contributed by atoms with Gasteiger partial charge in [-0.2, -0.15) is 0 Å². The van der Waals surface area contributed by atoms with Crippen molar-refractivity contribution < 1.29 is 8.42 Å². The molecule has 0 bridgehead atoms. The second-order valence-electron chi connectivity index (χ2n) is 3.55. The molecule has 1 aromatic carbocycles. The van der Waals surface area contributed by atoms with Gasteiger partial charge in [-0.05, 0) is 25.5 Å². The molecule has 0 radical (unpaired) electrons. The van der Waals surface area contributed by atoms with Gasteiger partial charge in [-0.1, -0.05) is 30.4 Å². The second-order valence-corrected chi connectivity index (χ2v) is 5.28. The predicted molar refractivity (Wildman–Crippen MR) is 61.2 cm³/mol. The maximum atomic E-state index is 11.8. The van der Waals surface area contributed by atoms with Gasteiger partial charge in [0.25, 0.3) is 0 Å². The summed E-state index contributed by atoms with van der Waals surface area (Å²) in [6.45, 7) is 7.47. The number of nitrogens with one attached hydrogen (secondary N) is 1. The van der Waals surface area contributed by atoms with Crippen molar-refractivity contribution in [3.05, 3.63) is 42.0 Å². The van der Waals surface area contributed by atoms with Crippen LogP contribution in [0.15, 0.2) is 41.3 Å². The average molecular weight is 225 g/mol. The molecular formula is C11H15NO2S. The molecule has 0 heterocycles. The molecule has 3 nitrogen and oxygen atoms in total. The van der Waals surface area contributed by atoms with Crippen LogP contribution < -0.4 is 4.72 Å². The fourth-order valence-electron chi connectivity index (χ4n) is 1.15. The number of aryl methyl sites for hydroxylation is 1. The van der Waals surface area contributed by atoms with E-state index in [1.165, 1.54) is 0 Å². The first-order valence-corrected chi connectivity index (χ1v) is 6.11. The summed E-state index contributed by atoms with van der Waals surface area (Å²) in [5, 5.41) is 0. The van der Waals surface area contributed by atoms with Crippen molar-refractivity contribution in [2.75, 3.05) is 6.54 Å². The Labute approximate surface area is 90.9 Å². The van der Waals surface area contributed by atoms with Crippen molar-refractivity contribution in [2.45, 2.75) is 18.7 Å². The van der Waals surface area contributed by atoms with Crippen LogP contribution in [0.25, 0.3) is 0 Å². The van der Waals surface area contributed by atoms with E-state index in [0.717, 1.165) is 11.1 Å². The Morgan fingerprint density at radius 2 is 2.00 bits per heavy atom. The lowest BCUT2D eigenvalue weighted by atomic mass is 10.2. The molecule has 15 heavy (non-hydrogen) atoms. The maximum Gasteiger partial charge on any atom is 0.241 e. The van der Waals surface area contributed by atoms with E-state index in [-0.39, 0.29) is 6.54 Å². The zero-order valence-corrected chi connectivity index (χ0v) is 9.76. The number of sulfonamides is 1. The van der Waals surface area contributed by atoms with E-state index < -0.39 is 10.0 Å². The SMILES string of the molecule is C=C(C)CNS(=O)(=O)c1ccccc1C. The minimum absolute atomic E-state index is 0.274. The van der Waals surface area contributed by atoms with Gasteiger partial charge in [-0.3, -0.25) is 0 Å². The largest absolute Gasteiger partial charge is 0.241 e. The molecule has 1 N–H and O–H groups in total. The minimum atomic E-state index is -3.40. The van der Waals surface area contributed by atoms with Crippen molar-refractivity contribution in [2.24, 2.45) is 0 Å². The molecule has 0 aliphatic carbocycles. The maximum absolute atomic E-state index is 11.8. The molecule has 0 aliphatic rings. The molecule has 0 atom stereocenters. The zero-order valence-electron chi connectivity index (χ0n) is 8.95. The number of benzene rings is 1. The van der Waals surface area contributed by atoms with E-state index in [2.05, 4.69) is 11.3 Å². The van der Waals surface area contributed by atoms with Gasteiger partial charge in [0.05, 0.1) is 4.90 Å². The number of hydrogen-bond donors (Lipinski definition) is 1. The average Bonchev–Trinajstić information content (AvgIpc) is 2.15. The Morgan fingerprint density at radius 3 is 2.53 bits per heavy atom. The molecule has 0 amide bonds.